The number of hydrogen-bond donors (Lipinski definition) is 1. The van der Waals surface area contributed by atoms with Crippen molar-refractivity contribution in [3.05, 3.63) is 29.7 Å². The van der Waals surface area contributed by atoms with Gasteiger partial charge in [-0.2, -0.15) is 5.10 Å². The average Bonchev–Trinajstić information content (AvgIpc) is 2.83. The monoisotopic (exact) mass is 287 g/mol. The van der Waals surface area contributed by atoms with Crippen molar-refractivity contribution in [1.29, 1.82) is 0 Å². The molecule has 1 aliphatic heterocycles. The Kier molecular flexibility index (Phi) is 3.42. The number of nitrogens with one attached hydrogen (secondary N) is 1. The predicted octanol–water partition coefficient (Wildman–Crippen LogP) is 0.275. The molecule has 0 saturated carbocycles. The minimum Gasteiger partial charge on any atom is -0.302 e. The van der Waals surface area contributed by atoms with Gasteiger partial charge in [0.05, 0.1) is 11.7 Å². The molecule has 1 atom stereocenters. The smallest absolute Gasteiger partial charge is 0.246 e. The van der Waals surface area contributed by atoms with Crippen LogP contribution in [0.2, 0.25) is 0 Å². The van der Waals surface area contributed by atoms with Crippen LogP contribution in [0.1, 0.15) is 24.1 Å². The van der Waals surface area contributed by atoms with Gasteiger partial charge in [-0.3, -0.25) is 14.5 Å². The molecule has 0 spiro atoms. The fraction of sp³-hybridized carbons (Fsp3) is 0.429. The zero-order valence-electron chi connectivity index (χ0n) is 12.0. The second-order valence-corrected chi connectivity index (χ2v) is 5.31. The minimum atomic E-state index is -0.317. The molecule has 1 N–H and O–H groups in total. The topological polar surface area (TPSA) is 79.6 Å². The van der Waals surface area contributed by atoms with Crippen LogP contribution in [0.15, 0.2) is 18.5 Å². The number of nitrogens with zero attached hydrogens (tertiary/aromatic N) is 4. The maximum atomic E-state index is 12.0. The van der Waals surface area contributed by atoms with Gasteiger partial charge >= 0.3 is 0 Å². The van der Waals surface area contributed by atoms with E-state index >= 15 is 0 Å². The summed E-state index contributed by atoms with van der Waals surface area (Å²) in [5.41, 5.74) is 2.66. The molecule has 1 fully saturated rings. The van der Waals surface area contributed by atoms with E-state index in [1.807, 2.05) is 19.2 Å². The quantitative estimate of drug-likeness (QED) is 0.820. The third-order valence-corrected chi connectivity index (χ3v) is 3.69. The molecule has 0 aliphatic carbocycles. The van der Waals surface area contributed by atoms with Gasteiger partial charge in [0.25, 0.3) is 0 Å². The first-order valence-corrected chi connectivity index (χ1v) is 6.89. The van der Waals surface area contributed by atoms with Gasteiger partial charge in [-0.15, -0.1) is 0 Å². The Hall–Kier alpha value is -2.28. The highest BCUT2D eigenvalue weighted by Crippen LogP contribution is 2.12. The SMILES string of the molecule is Cc1cc2ncc(CNC3CCC(=O)N(C)C3=O)cn2n1. The van der Waals surface area contributed by atoms with Gasteiger partial charge in [0.1, 0.15) is 0 Å². The number of rotatable bonds is 3. The van der Waals surface area contributed by atoms with Crippen molar-refractivity contribution in [1.82, 2.24) is 24.8 Å². The predicted molar refractivity (Wildman–Crippen MR) is 75.4 cm³/mol. The van der Waals surface area contributed by atoms with Gasteiger partial charge in [0.15, 0.2) is 5.65 Å². The second kappa shape index (κ2) is 5.25. The van der Waals surface area contributed by atoms with Gasteiger partial charge in [0, 0.05) is 44.0 Å². The van der Waals surface area contributed by atoms with Crippen LogP contribution in [0, 0.1) is 6.92 Å². The zero-order chi connectivity index (χ0) is 15.0. The fourth-order valence-corrected chi connectivity index (χ4v) is 2.47. The Bertz CT molecular complexity index is 708. The normalized spacial score (nSPS) is 19.5. The number of carbonyl (C=O) groups excluding carboxylic acids is 2. The molecule has 1 saturated heterocycles. The number of fused-ring (bicyclic) bond motifs is 1. The van der Waals surface area contributed by atoms with E-state index in [1.54, 1.807) is 10.7 Å². The zero-order valence-corrected chi connectivity index (χ0v) is 12.0. The highest BCUT2D eigenvalue weighted by atomic mass is 16.2. The van der Waals surface area contributed by atoms with E-state index in [4.69, 9.17) is 0 Å². The lowest BCUT2D eigenvalue weighted by Crippen LogP contribution is -2.51. The van der Waals surface area contributed by atoms with E-state index in [-0.39, 0.29) is 17.9 Å². The molecule has 1 aliphatic rings. The lowest BCUT2D eigenvalue weighted by molar-refractivity contribution is -0.148. The maximum Gasteiger partial charge on any atom is 0.246 e. The lowest BCUT2D eigenvalue weighted by Gasteiger charge is -2.28. The Morgan fingerprint density at radius 3 is 3.05 bits per heavy atom. The molecule has 21 heavy (non-hydrogen) atoms. The first-order chi connectivity index (χ1) is 10.0. The first kappa shape index (κ1) is 13.7. The van der Waals surface area contributed by atoms with Crippen molar-refractivity contribution in [2.75, 3.05) is 7.05 Å². The number of hydrogen-bond acceptors (Lipinski definition) is 5. The number of imide groups is 1. The van der Waals surface area contributed by atoms with E-state index in [9.17, 15) is 9.59 Å². The number of likely N-dealkylation sites (N-methyl/N-ethyl adjacent to an activating group) is 1. The Balaban J connectivity index is 1.68. The van der Waals surface area contributed by atoms with Crippen molar-refractivity contribution in [2.24, 2.45) is 0 Å². The van der Waals surface area contributed by atoms with Gasteiger partial charge in [0.2, 0.25) is 11.8 Å². The third-order valence-electron chi connectivity index (χ3n) is 3.69. The van der Waals surface area contributed by atoms with Crippen LogP contribution in [-0.2, 0) is 16.1 Å². The van der Waals surface area contributed by atoms with E-state index in [0.29, 0.717) is 19.4 Å². The molecule has 3 heterocycles. The summed E-state index contributed by atoms with van der Waals surface area (Å²) in [7, 11) is 1.53. The van der Waals surface area contributed by atoms with Crippen LogP contribution in [0.25, 0.3) is 5.65 Å². The average molecular weight is 287 g/mol. The van der Waals surface area contributed by atoms with Crippen LogP contribution in [-0.4, -0.2) is 44.4 Å². The minimum absolute atomic E-state index is 0.117. The van der Waals surface area contributed by atoms with Crippen molar-refractivity contribution in [3.8, 4) is 0 Å². The number of likely N-dealkylation sites (tertiary alicyclic amines) is 1. The molecule has 2 aromatic rings. The summed E-state index contributed by atoms with van der Waals surface area (Å²) in [6, 6.07) is 1.59. The maximum absolute atomic E-state index is 12.0. The van der Waals surface area contributed by atoms with Crippen LogP contribution < -0.4 is 5.32 Å². The molecule has 0 aromatic carbocycles. The van der Waals surface area contributed by atoms with Crippen molar-refractivity contribution in [2.45, 2.75) is 32.4 Å². The molecule has 2 amide bonds. The molecule has 1 unspecified atom stereocenters. The largest absolute Gasteiger partial charge is 0.302 e. The van der Waals surface area contributed by atoms with Crippen LogP contribution >= 0.6 is 0 Å². The summed E-state index contributed by atoms with van der Waals surface area (Å²) < 4.78 is 1.73. The highest BCUT2D eigenvalue weighted by Gasteiger charge is 2.31. The summed E-state index contributed by atoms with van der Waals surface area (Å²) in [4.78, 5) is 28.9. The molecule has 3 rings (SSSR count). The summed E-state index contributed by atoms with van der Waals surface area (Å²) in [6.45, 7) is 2.43. The van der Waals surface area contributed by atoms with Crippen molar-refractivity contribution in [3.63, 3.8) is 0 Å². The Morgan fingerprint density at radius 2 is 2.24 bits per heavy atom. The Labute approximate surface area is 122 Å². The number of aromatic nitrogens is 3. The van der Waals surface area contributed by atoms with Crippen LogP contribution in [0.3, 0.4) is 0 Å². The molecule has 0 radical (unpaired) electrons. The molecule has 2 aromatic heterocycles. The molecule has 110 valence electrons. The van der Waals surface area contributed by atoms with Gasteiger partial charge in [-0.1, -0.05) is 0 Å². The van der Waals surface area contributed by atoms with Crippen LogP contribution in [0.4, 0.5) is 0 Å². The molecular weight excluding hydrogens is 270 g/mol. The van der Waals surface area contributed by atoms with Gasteiger partial charge < -0.3 is 5.32 Å². The van der Waals surface area contributed by atoms with Crippen molar-refractivity contribution < 1.29 is 9.59 Å². The van der Waals surface area contributed by atoms with E-state index in [2.05, 4.69) is 15.4 Å². The highest BCUT2D eigenvalue weighted by molar-refractivity contribution is 6.00. The standard InChI is InChI=1S/C14H17N5O2/c1-9-5-12-16-7-10(8-19(12)17-9)6-15-11-3-4-13(20)18(2)14(11)21/h5,7-8,11,15H,3-4,6H2,1-2H3. The lowest BCUT2D eigenvalue weighted by atomic mass is 10.0. The molecule has 7 nitrogen and oxygen atoms in total. The van der Waals surface area contributed by atoms with Crippen LogP contribution in [0.5, 0.6) is 0 Å². The summed E-state index contributed by atoms with van der Waals surface area (Å²) in [6.07, 6.45) is 4.60. The van der Waals surface area contributed by atoms with Gasteiger partial charge in [-0.05, 0) is 13.3 Å². The van der Waals surface area contributed by atoms with E-state index < -0.39 is 0 Å². The first-order valence-electron chi connectivity index (χ1n) is 6.89. The molecule has 0 bridgehead atoms. The number of piperidine rings is 1. The van der Waals surface area contributed by atoms with Crippen molar-refractivity contribution >= 4 is 17.5 Å². The number of aryl methyl sites for hydroxylation is 1. The molecule has 7 heteroatoms. The molecular formula is C14H17N5O2. The third kappa shape index (κ3) is 2.64. The van der Waals surface area contributed by atoms with Gasteiger partial charge in [-0.25, -0.2) is 9.50 Å². The fourth-order valence-electron chi connectivity index (χ4n) is 2.47. The van der Waals surface area contributed by atoms with E-state index in [0.717, 1.165) is 16.9 Å². The summed E-state index contributed by atoms with van der Waals surface area (Å²) in [5.74, 6) is -0.289. The summed E-state index contributed by atoms with van der Waals surface area (Å²) >= 11 is 0. The van der Waals surface area contributed by atoms with E-state index in [1.165, 1.54) is 11.9 Å². The second-order valence-electron chi connectivity index (χ2n) is 5.31. The summed E-state index contributed by atoms with van der Waals surface area (Å²) in [5, 5.41) is 7.50. The number of carbonyl (C=O) groups is 2. The Morgan fingerprint density at radius 1 is 1.43 bits per heavy atom. The number of amides is 2.